The number of nitrogens with zero attached hydrogens (tertiary/aromatic N) is 3. The number of aryl methyl sites for hydroxylation is 1. The summed E-state index contributed by atoms with van der Waals surface area (Å²) in [6.45, 7) is 6.46. The van der Waals surface area contributed by atoms with E-state index in [-0.39, 0.29) is 18.2 Å². The molecule has 6 nitrogen and oxygen atoms in total. The predicted molar refractivity (Wildman–Crippen MR) is 68.5 cm³/mol. The Kier molecular flexibility index (Phi) is 3.99. The summed E-state index contributed by atoms with van der Waals surface area (Å²) in [4.78, 5) is 4.26. The third-order valence-corrected chi connectivity index (χ3v) is 4.21. The molecule has 0 saturated carbocycles. The topological polar surface area (TPSA) is 78.0 Å². The first-order chi connectivity index (χ1) is 8.54. The van der Waals surface area contributed by atoms with Gasteiger partial charge < -0.3 is 4.74 Å². The molecule has 5 unspecified atom stereocenters. The first-order valence-corrected chi connectivity index (χ1v) is 6.49. The lowest BCUT2D eigenvalue weighted by atomic mass is 9.82. The van der Waals surface area contributed by atoms with E-state index < -0.39 is 0 Å². The molecule has 102 valence electrons. The number of rotatable bonds is 4. The molecule has 2 heterocycles. The van der Waals surface area contributed by atoms with Crippen LogP contribution in [0.2, 0.25) is 0 Å². The van der Waals surface area contributed by atoms with E-state index in [1.54, 1.807) is 11.0 Å². The summed E-state index contributed by atoms with van der Waals surface area (Å²) >= 11 is 0. The second-order valence-corrected chi connectivity index (χ2v) is 5.26. The van der Waals surface area contributed by atoms with E-state index in [0.717, 1.165) is 12.2 Å². The molecule has 0 bridgehead atoms. The molecule has 5 atom stereocenters. The maximum atomic E-state index is 5.88. The van der Waals surface area contributed by atoms with Gasteiger partial charge in [-0.3, -0.25) is 16.0 Å². The minimum absolute atomic E-state index is 0.155. The standard InChI is InChI=1S/C12H23N5O/c1-7-8(2)18-9(3)12(7)10(16-13)5-11-14-6-15-17(11)4/h6-10,12,16H,5,13H2,1-4H3. The number of hydrogen-bond donors (Lipinski definition) is 2. The van der Waals surface area contributed by atoms with Crippen LogP contribution >= 0.6 is 0 Å². The van der Waals surface area contributed by atoms with Crippen molar-refractivity contribution < 1.29 is 4.74 Å². The van der Waals surface area contributed by atoms with Crippen molar-refractivity contribution in [2.75, 3.05) is 0 Å². The number of hydrogen-bond acceptors (Lipinski definition) is 5. The molecule has 0 amide bonds. The molecule has 0 spiro atoms. The summed E-state index contributed by atoms with van der Waals surface area (Å²) in [6.07, 6.45) is 2.83. The molecule has 2 rings (SSSR count). The van der Waals surface area contributed by atoms with Crippen LogP contribution in [-0.4, -0.2) is 33.0 Å². The van der Waals surface area contributed by atoms with Crippen molar-refractivity contribution in [2.24, 2.45) is 24.7 Å². The average Bonchev–Trinajstić information content (AvgIpc) is 2.83. The minimum atomic E-state index is 0.155. The second kappa shape index (κ2) is 5.34. The monoisotopic (exact) mass is 253 g/mol. The zero-order chi connectivity index (χ0) is 13.3. The lowest BCUT2D eigenvalue weighted by Gasteiger charge is -2.28. The molecule has 1 fully saturated rings. The number of nitrogens with one attached hydrogen (secondary N) is 1. The number of ether oxygens (including phenoxy) is 1. The molecule has 1 aromatic rings. The van der Waals surface area contributed by atoms with Gasteiger partial charge in [0.25, 0.3) is 0 Å². The lowest BCUT2D eigenvalue weighted by molar-refractivity contribution is 0.0474. The van der Waals surface area contributed by atoms with E-state index in [4.69, 9.17) is 10.6 Å². The van der Waals surface area contributed by atoms with Crippen molar-refractivity contribution in [3.63, 3.8) is 0 Å². The Morgan fingerprint density at radius 1 is 1.44 bits per heavy atom. The first-order valence-electron chi connectivity index (χ1n) is 6.49. The highest BCUT2D eigenvalue weighted by atomic mass is 16.5. The Labute approximate surface area is 108 Å². The van der Waals surface area contributed by atoms with Crippen LogP contribution in [0.3, 0.4) is 0 Å². The summed E-state index contributed by atoms with van der Waals surface area (Å²) in [6, 6.07) is 0.155. The zero-order valence-electron chi connectivity index (χ0n) is 11.5. The first kappa shape index (κ1) is 13.5. The van der Waals surface area contributed by atoms with Gasteiger partial charge in [-0.25, -0.2) is 4.98 Å². The summed E-state index contributed by atoms with van der Waals surface area (Å²) in [5.41, 5.74) is 2.93. The van der Waals surface area contributed by atoms with Crippen LogP contribution in [0.25, 0.3) is 0 Å². The van der Waals surface area contributed by atoms with Gasteiger partial charge in [-0.15, -0.1) is 0 Å². The lowest BCUT2D eigenvalue weighted by Crippen LogP contribution is -2.47. The van der Waals surface area contributed by atoms with Crippen molar-refractivity contribution in [3.05, 3.63) is 12.2 Å². The molecule has 0 aliphatic carbocycles. The van der Waals surface area contributed by atoms with Crippen LogP contribution in [-0.2, 0) is 18.2 Å². The number of hydrazine groups is 1. The molecule has 18 heavy (non-hydrogen) atoms. The zero-order valence-corrected chi connectivity index (χ0v) is 11.5. The Balaban J connectivity index is 2.11. The molecule has 6 heteroatoms. The van der Waals surface area contributed by atoms with E-state index >= 15 is 0 Å². The van der Waals surface area contributed by atoms with Crippen LogP contribution in [0.5, 0.6) is 0 Å². The molecule has 1 aromatic heterocycles. The number of aromatic nitrogens is 3. The van der Waals surface area contributed by atoms with Crippen molar-refractivity contribution in [3.8, 4) is 0 Å². The van der Waals surface area contributed by atoms with Crippen LogP contribution in [0.1, 0.15) is 26.6 Å². The van der Waals surface area contributed by atoms with Crippen LogP contribution in [0, 0.1) is 11.8 Å². The molecule has 0 radical (unpaired) electrons. The fraction of sp³-hybridized carbons (Fsp3) is 0.833. The SMILES string of the molecule is CC1OC(C)C(C(Cc2ncnn2C)NN)C1C. The quantitative estimate of drug-likeness (QED) is 0.594. The third kappa shape index (κ3) is 2.41. The molecular formula is C12H23N5O. The van der Waals surface area contributed by atoms with Gasteiger partial charge in [-0.05, 0) is 19.8 Å². The van der Waals surface area contributed by atoms with E-state index in [0.29, 0.717) is 11.8 Å². The maximum absolute atomic E-state index is 5.88. The van der Waals surface area contributed by atoms with Crippen molar-refractivity contribution in [1.29, 1.82) is 0 Å². The summed E-state index contributed by atoms with van der Waals surface area (Å²) in [7, 11) is 1.90. The molecule has 0 aromatic carbocycles. The average molecular weight is 253 g/mol. The van der Waals surface area contributed by atoms with Gasteiger partial charge in [0, 0.05) is 25.4 Å². The normalized spacial score (nSPS) is 33.8. The van der Waals surface area contributed by atoms with Crippen LogP contribution in [0.4, 0.5) is 0 Å². The fourth-order valence-corrected chi connectivity index (χ4v) is 2.99. The predicted octanol–water partition coefficient (Wildman–Crippen LogP) is 0.249. The van der Waals surface area contributed by atoms with Gasteiger partial charge in [-0.2, -0.15) is 5.10 Å². The highest BCUT2D eigenvalue weighted by molar-refractivity contribution is 4.97. The number of nitrogens with two attached hydrogens (primary N) is 1. The van der Waals surface area contributed by atoms with E-state index in [9.17, 15) is 0 Å². The molecule has 1 aliphatic heterocycles. The van der Waals surface area contributed by atoms with E-state index in [2.05, 4.69) is 36.3 Å². The fourth-order valence-electron chi connectivity index (χ4n) is 2.99. The van der Waals surface area contributed by atoms with Crippen LogP contribution < -0.4 is 11.3 Å². The van der Waals surface area contributed by atoms with E-state index in [1.807, 2.05) is 7.05 Å². The maximum Gasteiger partial charge on any atom is 0.138 e. The van der Waals surface area contributed by atoms with E-state index in [1.165, 1.54) is 0 Å². The van der Waals surface area contributed by atoms with Crippen LogP contribution in [0.15, 0.2) is 6.33 Å². The molecular weight excluding hydrogens is 230 g/mol. The van der Waals surface area contributed by atoms with Crippen molar-refractivity contribution in [1.82, 2.24) is 20.2 Å². The highest BCUT2D eigenvalue weighted by Gasteiger charge is 2.41. The Morgan fingerprint density at radius 2 is 2.17 bits per heavy atom. The Morgan fingerprint density at radius 3 is 2.61 bits per heavy atom. The highest BCUT2D eigenvalue weighted by Crippen LogP contribution is 2.35. The Hall–Kier alpha value is -0.980. The van der Waals surface area contributed by atoms with Gasteiger partial charge in [0.15, 0.2) is 0 Å². The van der Waals surface area contributed by atoms with Gasteiger partial charge in [0.1, 0.15) is 12.2 Å². The van der Waals surface area contributed by atoms with Crippen molar-refractivity contribution in [2.45, 2.75) is 45.4 Å². The molecule has 1 aliphatic rings. The second-order valence-electron chi connectivity index (χ2n) is 5.26. The van der Waals surface area contributed by atoms with Gasteiger partial charge in [-0.1, -0.05) is 6.92 Å². The summed E-state index contributed by atoms with van der Waals surface area (Å²) < 4.78 is 7.67. The Bertz CT molecular complexity index is 394. The smallest absolute Gasteiger partial charge is 0.138 e. The van der Waals surface area contributed by atoms with Crippen molar-refractivity contribution >= 4 is 0 Å². The van der Waals surface area contributed by atoms with Gasteiger partial charge in [0.2, 0.25) is 0 Å². The summed E-state index contributed by atoms with van der Waals surface area (Å²) in [5.74, 6) is 7.54. The molecule has 3 N–H and O–H groups in total. The largest absolute Gasteiger partial charge is 0.375 e. The minimum Gasteiger partial charge on any atom is -0.375 e. The van der Waals surface area contributed by atoms with Gasteiger partial charge >= 0.3 is 0 Å². The van der Waals surface area contributed by atoms with Gasteiger partial charge in [0.05, 0.1) is 12.2 Å². The molecule has 1 saturated heterocycles. The third-order valence-electron chi connectivity index (χ3n) is 4.21. The summed E-state index contributed by atoms with van der Waals surface area (Å²) in [5, 5.41) is 4.09.